The largest absolute Gasteiger partial charge is 0.311 e. The first-order valence-corrected chi connectivity index (χ1v) is 4.75. The van der Waals surface area contributed by atoms with Gasteiger partial charge in [0.25, 0.3) is 0 Å². The van der Waals surface area contributed by atoms with Crippen LogP contribution in [0.5, 0.6) is 0 Å². The maximum absolute atomic E-state index is 4.26. The lowest BCUT2D eigenvalue weighted by Crippen LogP contribution is -2.21. The highest BCUT2D eigenvalue weighted by atomic mass is 32.1. The van der Waals surface area contributed by atoms with Gasteiger partial charge < -0.3 is 5.32 Å². The quantitative estimate of drug-likeness (QED) is 0.751. The fourth-order valence-electron chi connectivity index (χ4n) is 1.20. The van der Waals surface area contributed by atoms with Crippen molar-refractivity contribution in [1.82, 2.24) is 10.3 Å². The molecule has 0 radical (unpaired) electrons. The van der Waals surface area contributed by atoms with Gasteiger partial charge in [0.2, 0.25) is 0 Å². The van der Waals surface area contributed by atoms with E-state index in [1.807, 2.05) is 12.6 Å². The Morgan fingerprint density at radius 3 is 2.64 bits per heavy atom. The van der Waals surface area contributed by atoms with Gasteiger partial charge in [0.1, 0.15) is 0 Å². The van der Waals surface area contributed by atoms with Gasteiger partial charge in [-0.2, -0.15) is 0 Å². The summed E-state index contributed by atoms with van der Waals surface area (Å²) in [6.45, 7) is 4.39. The molecular weight excluding hydrogens is 156 g/mol. The molecule has 0 aliphatic rings. The van der Waals surface area contributed by atoms with Crippen LogP contribution in [0.2, 0.25) is 0 Å². The van der Waals surface area contributed by atoms with Gasteiger partial charge in [0.15, 0.2) is 0 Å². The molecule has 0 fully saturated rings. The van der Waals surface area contributed by atoms with Crippen LogP contribution in [0.3, 0.4) is 0 Å². The maximum Gasteiger partial charge on any atom is 0.0795 e. The predicted octanol–water partition coefficient (Wildman–Crippen LogP) is 2.06. The molecule has 1 unspecified atom stereocenters. The van der Waals surface area contributed by atoms with Crippen molar-refractivity contribution < 1.29 is 0 Å². The molecule has 0 amide bonds. The molecule has 62 valence electrons. The lowest BCUT2D eigenvalue weighted by atomic mass is 10.0. The number of nitrogens with zero attached hydrogens (tertiary/aromatic N) is 1. The zero-order chi connectivity index (χ0) is 8.27. The normalized spacial score (nSPS) is 13.8. The van der Waals surface area contributed by atoms with E-state index in [1.54, 1.807) is 11.3 Å². The molecule has 1 atom stereocenters. The molecule has 1 heterocycles. The summed E-state index contributed by atoms with van der Waals surface area (Å²) in [7, 11) is 1.98. The van der Waals surface area contributed by atoms with Crippen molar-refractivity contribution in [2.24, 2.45) is 5.92 Å². The Morgan fingerprint density at radius 1 is 1.55 bits per heavy atom. The second-order valence-corrected chi connectivity index (χ2v) is 3.64. The molecule has 2 nitrogen and oxygen atoms in total. The minimum atomic E-state index is 0.404. The van der Waals surface area contributed by atoms with Gasteiger partial charge >= 0.3 is 0 Å². The van der Waals surface area contributed by atoms with E-state index in [-0.39, 0.29) is 0 Å². The summed E-state index contributed by atoms with van der Waals surface area (Å²) in [4.78, 5) is 4.26. The summed E-state index contributed by atoms with van der Waals surface area (Å²) in [5.41, 5.74) is 3.04. The SMILES string of the molecule is CNC(c1cscn1)C(C)C. The molecule has 0 saturated carbocycles. The number of thiazole rings is 1. The molecule has 3 heteroatoms. The summed E-state index contributed by atoms with van der Waals surface area (Å²) in [5, 5.41) is 5.35. The highest BCUT2D eigenvalue weighted by Gasteiger charge is 2.14. The van der Waals surface area contributed by atoms with Gasteiger partial charge in [-0.15, -0.1) is 11.3 Å². The minimum absolute atomic E-state index is 0.404. The standard InChI is InChI=1S/C8H14N2S/c1-6(2)8(9-3)7-4-11-5-10-7/h4-6,8-9H,1-3H3. The lowest BCUT2D eigenvalue weighted by molar-refractivity contribution is 0.435. The molecule has 1 N–H and O–H groups in total. The number of hydrogen-bond donors (Lipinski definition) is 1. The highest BCUT2D eigenvalue weighted by Crippen LogP contribution is 2.20. The Hall–Kier alpha value is -0.410. The fourth-order valence-corrected chi connectivity index (χ4v) is 1.79. The van der Waals surface area contributed by atoms with E-state index in [4.69, 9.17) is 0 Å². The third kappa shape index (κ3) is 2.01. The lowest BCUT2D eigenvalue weighted by Gasteiger charge is -2.17. The summed E-state index contributed by atoms with van der Waals surface area (Å²) in [6.07, 6.45) is 0. The van der Waals surface area contributed by atoms with Crippen LogP contribution < -0.4 is 5.32 Å². The van der Waals surface area contributed by atoms with E-state index in [9.17, 15) is 0 Å². The smallest absolute Gasteiger partial charge is 0.0795 e. The van der Waals surface area contributed by atoms with E-state index in [0.29, 0.717) is 12.0 Å². The summed E-state index contributed by atoms with van der Waals surface area (Å²) in [5.74, 6) is 0.599. The first-order chi connectivity index (χ1) is 5.25. The summed E-state index contributed by atoms with van der Waals surface area (Å²) < 4.78 is 0. The van der Waals surface area contributed by atoms with Gasteiger partial charge in [0.05, 0.1) is 17.2 Å². The van der Waals surface area contributed by atoms with Gasteiger partial charge in [-0.05, 0) is 13.0 Å². The molecule has 0 bridgehead atoms. The molecule has 0 aromatic carbocycles. The van der Waals surface area contributed by atoms with E-state index in [1.165, 1.54) is 0 Å². The van der Waals surface area contributed by atoms with Crippen LogP contribution in [0.4, 0.5) is 0 Å². The van der Waals surface area contributed by atoms with E-state index < -0.39 is 0 Å². The van der Waals surface area contributed by atoms with Crippen LogP contribution in [-0.2, 0) is 0 Å². The third-order valence-electron chi connectivity index (χ3n) is 1.75. The van der Waals surface area contributed by atoms with Crippen LogP contribution in [0.1, 0.15) is 25.6 Å². The third-order valence-corrected chi connectivity index (χ3v) is 2.35. The Kier molecular flexibility index (Phi) is 3.02. The van der Waals surface area contributed by atoms with Crippen LogP contribution in [0, 0.1) is 5.92 Å². The van der Waals surface area contributed by atoms with Gasteiger partial charge in [-0.3, -0.25) is 0 Å². The Bertz CT molecular complexity index is 194. The summed E-state index contributed by atoms with van der Waals surface area (Å²) in [6, 6.07) is 0.404. The van der Waals surface area contributed by atoms with Crippen molar-refractivity contribution in [2.45, 2.75) is 19.9 Å². The van der Waals surface area contributed by atoms with Crippen LogP contribution >= 0.6 is 11.3 Å². The van der Waals surface area contributed by atoms with E-state index >= 15 is 0 Å². The molecule has 0 aliphatic carbocycles. The fraction of sp³-hybridized carbons (Fsp3) is 0.625. The van der Waals surface area contributed by atoms with Crippen molar-refractivity contribution in [3.8, 4) is 0 Å². The second kappa shape index (κ2) is 3.83. The average Bonchev–Trinajstić information content (AvgIpc) is 2.40. The second-order valence-electron chi connectivity index (χ2n) is 2.92. The van der Waals surface area contributed by atoms with Crippen LogP contribution in [0.25, 0.3) is 0 Å². The van der Waals surface area contributed by atoms with Crippen LogP contribution in [0.15, 0.2) is 10.9 Å². The maximum atomic E-state index is 4.26. The first kappa shape index (κ1) is 8.68. The minimum Gasteiger partial charge on any atom is -0.311 e. The number of aromatic nitrogens is 1. The van der Waals surface area contributed by atoms with Crippen molar-refractivity contribution in [1.29, 1.82) is 0 Å². The Morgan fingerprint density at radius 2 is 2.27 bits per heavy atom. The first-order valence-electron chi connectivity index (χ1n) is 3.81. The predicted molar refractivity (Wildman–Crippen MR) is 48.8 cm³/mol. The topological polar surface area (TPSA) is 24.9 Å². The molecule has 1 aromatic heterocycles. The number of hydrogen-bond acceptors (Lipinski definition) is 3. The molecule has 0 aliphatic heterocycles. The zero-order valence-electron chi connectivity index (χ0n) is 7.16. The zero-order valence-corrected chi connectivity index (χ0v) is 7.98. The average molecular weight is 170 g/mol. The van der Waals surface area contributed by atoms with E-state index in [0.717, 1.165) is 5.69 Å². The molecule has 1 aromatic rings. The molecule has 11 heavy (non-hydrogen) atoms. The Balaban J connectivity index is 2.71. The van der Waals surface area contributed by atoms with Gasteiger partial charge in [-0.25, -0.2) is 4.98 Å². The van der Waals surface area contributed by atoms with Crippen molar-refractivity contribution in [2.75, 3.05) is 7.05 Å². The number of rotatable bonds is 3. The number of nitrogens with one attached hydrogen (secondary N) is 1. The molecule has 1 rings (SSSR count). The van der Waals surface area contributed by atoms with Crippen LogP contribution in [-0.4, -0.2) is 12.0 Å². The Labute approximate surface area is 71.7 Å². The highest BCUT2D eigenvalue weighted by molar-refractivity contribution is 7.07. The van der Waals surface area contributed by atoms with E-state index in [2.05, 4.69) is 29.5 Å². The molecular formula is C8H14N2S. The monoisotopic (exact) mass is 170 g/mol. The van der Waals surface area contributed by atoms with Crippen molar-refractivity contribution >= 4 is 11.3 Å². The van der Waals surface area contributed by atoms with Crippen molar-refractivity contribution in [3.63, 3.8) is 0 Å². The summed E-state index contributed by atoms with van der Waals surface area (Å²) >= 11 is 1.65. The van der Waals surface area contributed by atoms with Gasteiger partial charge in [-0.1, -0.05) is 13.8 Å². The molecule has 0 spiro atoms. The molecule has 0 saturated heterocycles. The van der Waals surface area contributed by atoms with Crippen molar-refractivity contribution in [3.05, 3.63) is 16.6 Å². The van der Waals surface area contributed by atoms with Gasteiger partial charge in [0, 0.05) is 5.38 Å².